The maximum Gasteiger partial charge on any atom is 0.191 e. The molecule has 0 fully saturated rings. The standard InChI is InChI=1S/C16H25N5OS/c1-3-18-15(19-7-5-9-21-10-8-17-13-21)20-12-16(2,22)14-6-4-11-23-14/h4,6,8,10-11,13,22H,3,5,7,9,12H2,1-2H3,(H2,18,19,20). The second-order valence-electron chi connectivity index (χ2n) is 5.53. The first-order valence-corrected chi connectivity index (χ1v) is 8.74. The van der Waals surface area contributed by atoms with Crippen LogP contribution in [0.15, 0.2) is 41.2 Å². The molecule has 126 valence electrons. The van der Waals surface area contributed by atoms with Crippen molar-refractivity contribution in [3.8, 4) is 0 Å². The summed E-state index contributed by atoms with van der Waals surface area (Å²) in [4.78, 5) is 9.46. The number of guanidine groups is 1. The first-order valence-electron chi connectivity index (χ1n) is 7.86. The quantitative estimate of drug-likeness (QED) is 0.391. The van der Waals surface area contributed by atoms with Crippen LogP contribution in [0.2, 0.25) is 0 Å². The van der Waals surface area contributed by atoms with Gasteiger partial charge in [0.2, 0.25) is 0 Å². The summed E-state index contributed by atoms with van der Waals surface area (Å²) < 4.78 is 2.05. The average Bonchev–Trinajstić information content (AvgIpc) is 3.22. The van der Waals surface area contributed by atoms with Crippen LogP contribution in [0, 0.1) is 0 Å². The number of thiophene rings is 1. The van der Waals surface area contributed by atoms with E-state index < -0.39 is 5.60 Å². The van der Waals surface area contributed by atoms with Gasteiger partial charge in [-0.1, -0.05) is 6.07 Å². The Bertz CT molecular complexity index is 578. The predicted molar refractivity (Wildman–Crippen MR) is 94.7 cm³/mol. The Morgan fingerprint density at radius 1 is 1.48 bits per heavy atom. The number of aryl methyl sites for hydroxylation is 1. The fraction of sp³-hybridized carbons (Fsp3) is 0.500. The molecule has 3 N–H and O–H groups in total. The monoisotopic (exact) mass is 335 g/mol. The zero-order chi connectivity index (χ0) is 16.5. The van der Waals surface area contributed by atoms with Gasteiger partial charge in [0.25, 0.3) is 0 Å². The van der Waals surface area contributed by atoms with Crippen LogP contribution < -0.4 is 10.6 Å². The van der Waals surface area contributed by atoms with Gasteiger partial charge < -0.3 is 20.3 Å². The molecule has 0 amide bonds. The van der Waals surface area contributed by atoms with E-state index in [1.165, 1.54) is 0 Å². The minimum absolute atomic E-state index is 0.324. The maximum absolute atomic E-state index is 10.5. The van der Waals surface area contributed by atoms with E-state index in [2.05, 4.69) is 20.6 Å². The molecule has 0 aromatic carbocycles. The fourth-order valence-corrected chi connectivity index (χ4v) is 2.90. The Labute approximate surface area is 141 Å². The van der Waals surface area contributed by atoms with Gasteiger partial charge in [0, 0.05) is 36.9 Å². The lowest BCUT2D eigenvalue weighted by Crippen LogP contribution is -2.39. The molecule has 0 spiro atoms. The van der Waals surface area contributed by atoms with Crippen molar-refractivity contribution in [2.45, 2.75) is 32.4 Å². The Morgan fingerprint density at radius 3 is 3.00 bits per heavy atom. The van der Waals surface area contributed by atoms with Crippen molar-refractivity contribution in [3.63, 3.8) is 0 Å². The average molecular weight is 335 g/mol. The van der Waals surface area contributed by atoms with Crippen LogP contribution in [0.1, 0.15) is 25.1 Å². The molecule has 0 aliphatic carbocycles. The van der Waals surface area contributed by atoms with Crippen molar-refractivity contribution in [2.24, 2.45) is 4.99 Å². The molecule has 0 bridgehead atoms. The molecule has 1 unspecified atom stereocenters. The summed E-state index contributed by atoms with van der Waals surface area (Å²) in [7, 11) is 0. The zero-order valence-corrected chi connectivity index (χ0v) is 14.5. The molecule has 2 rings (SSSR count). The normalized spacial score (nSPS) is 14.5. The molecule has 0 aliphatic heterocycles. The second-order valence-corrected chi connectivity index (χ2v) is 6.47. The molecule has 6 nitrogen and oxygen atoms in total. The van der Waals surface area contributed by atoms with E-state index in [-0.39, 0.29) is 0 Å². The molecule has 0 radical (unpaired) electrons. The largest absolute Gasteiger partial charge is 0.383 e. The summed E-state index contributed by atoms with van der Waals surface area (Å²) in [6.45, 7) is 6.66. The van der Waals surface area contributed by atoms with Gasteiger partial charge in [-0.3, -0.25) is 0 Å². The Hall–Kier alpha value is -1.86. The van der Waals surface area contributed by atoms with Crippen LogP contribution >= 0.6 is 11.3 Å². The van der Waals surface area contributed by atoms with Crippen molar-refractivity contribution >= 4 is 17.3 Å². The SMILES string of the molecule is CCNC(=NCC(C)(O)c1cccs1)NCCCn1ccnc1. The zero-order valence-electron chi connectivity index (χ0n) is 13.7. The molecule has 23 heavy (non-hydrogen) atoms. The van der Waals surface area contributed by atoms with Crippen LogP contribution in [-0.2, 0) is 12.1 Å². The van der Waals surface area contributed by atoms with Gasteiger partial charge in [0.05, 0.1) is 12.9 Å². The van der Waals surface area contributed by atoms with E-state index in [4.69, 9.17) is 0 Å². The van der Waals surface area contributed by atoms with Gasteiger partial charge in [-0.25, -0.2) is 9.98 Å². The second kappa shape index (κ2) is 8.69. The van der Waals surface area contributed by atoms with Crippen LogP contribution in [0.3, 0.4) is 0 Å². The molecular weight excluding hydrogens is 310 g/mol. The highest BCUT2D eigenvalue weighted by Crippen LogP contribution is 2.25. The highest BCUT2D eigenvalue weighted by molar-refractivity contribution is 7.10. The van der Waals surface area contributed by atoms with Gasteiger partial charge in [0.15, 0.2) is 5.96 Å². The van der Waals surface area contributed by atoms with Crippen LogP contribution in [0.25, 0.3) is 0 Å². The fourth-order valence-electron chi connectivity index (χ4n) is 2.13. The first kappa shape index (κ1) is 17.5. The van der Waals surface area contributed by atoms with Gasteiger partial charge in [0.1, 0.15) is 5.60 Å². The summed E-state index contributed by atoms with van der Waals surface area (Å²) in [6, 6.07) is 3.88. The number of aromatic nitrogens is 2. The number of aliphatic imine (C=N–C) groups is 1. The molecule has 2 heterocycles. The molecule has 7 heteroatoms. The summed E-state index contributed by atoms with van der Waals surface area (Å²) >= 11 is 1.55. The third-order valence-corrected chi connectivity index (χ3v) is 4.51. The highest BCUT2D eigenvalue weighted by atomic mass is 32.1. The lowest BCUT2D eigenvalue weighted by Gasteiger charge is -2.20. The van der Waals surface area contributed by atoms with E-state index in [1.54, 1.807) is 24.5 Å². The summed E-state index contributed by atoms with van der Waals surface area (Å²) in [5.74, 6) is 0.731. The molecule has 2 aromatic heterocycles. The molecule has 1 atom stereocenters. The summed E-state index contributed by atoms with van der Waals surface area (Å²) in [5.41, 5.74) is -0.937. The number of hydrogen-bond acceptors (Lipinski definition) is 4. The third kappa shape index (κ3) is 5.69. The Balaban J connectivity index is 1.82. The van der Waals surface area contributed by atoms with E-state index in [0.717, 1.165) is 36.9 Å². The van der Waals surface area contributed by atoms with Gasteiger partial charge in [-0.05, 0) is 31.7 Å². The minimum atomic E-state index is -0.937. The predicted octanol–water partition coefficient (Wildman–Crippen LogP) is 1.80. The summed E-state index contributed by atoms with van der Waals surface area (Å²) in [5, 5.41) is 19.0. The Kier molecular flexibility index (Phi) is 6.61. The van der Waals surface area contributed by atoms with Crippen molar-refractivity contribution in [1.82, 2.24) is 20.2 Å². The molecule has 0 aliphatic rings. The molecule has 0 saturated carbocycles. The van der Waals surface area contributed by atoms with Crippen LogP contribution in [-0.4, -0.2) is 40.3 Å². The first-order chi connectivity index (χ1) is 11.1. The highest BCUT2D eigenvalue weighted by Gasteiger charge is 2.23. The smallest absolute Gasteiger partial charge is 0.191 e. The van der Waals surface area contributed by atoms with E-state index in [0.29, 0.717) is 6.54 Å². The number of hydrogen-bond donors (Lipinski definition) is 3. The summed E-state index contributed by atoms with van der Waals surface area (Å²) in [6.07, 6.45) is 6.53. The number of rotatable bonds is 8. The van der Waals surface area contributed by atoms with Gasteiger partial charge >= 0.3 is 0 Å². The van der Waals surface area contributed by atoms with Crippen molar-refractivity contribution in [3.05, 3.63) is 41.1 Å². The maximum atomic E-state index is 10.5. The van der Waals surface area contributed by atoms with E-state index in [1.807, 2.05) is 41.5 Å². The minimum Gasteiger partial charge on any atom is -0.383 e. The van der Waals surface area contributed by atoms with Crippen molar-refractivity contribution in [2.75, 3.05) is 19.6 Å². The molecular formula is C16H25N5OS. The number of imidazole rings is 1. The Morgan fingerprint density at radius 2 is 2.35 bits per heavy atom. The topological polar surface area (TPSA) is 74.5 Å². The van der Waals surface area contributed by atoms with Gasteiger partial charge in [-0.2, -0.15) is 0 Å². The van der Waals surface area contributed by atoms with Crippen molar-refractivity contribution < 1.29 is 5.11 Å². The number of nitrogens with zero attached hydrogens (tertiary/aromatic N) is 3. The molecule has 0 saturated heterocycles. The molecule has 2 aromatic rings. The lowest BCUT2D eigenvalue weighted by atomic mass is 10.1. The van der Waals surface area contributed by atoms with Crippen molar-refractivity contribution in [1.29, 1.82) is 0 Å². The number of nitrogens with one attached hydrogen (secondary N) is 2. The van der Waals surface area contributed by atoms with Gasteiger partial charge in [-0.15, -0.1) is 11.3 Å². The third-order valence-electron chi connectivity index (χ3n) is 3.39. The van der Waals surface area contributed by atoms with E-state index >= 15 is 0 Å². The van der Waals surface area contributed by atoms with Crippen LogP contribution in [0.4, 0.5) is 0 Å². The van der Waals surface area contributed by atoms with E-state index in [9.17, 15) is 5.11 Å². The van der Waals surface area contributed by atoms with Crippen LogP contribution in [0.5, 0.6) is 0 Å². The number of aliphatic hydroxyl groups is 1. The lowest BCUT2D eigenvalue weighted by molar-refractivity contribution is 0.0711.